The Labute approximate surface area is 119 Å². The molecule has 106 valence electrons. The second-order valence-corrected chi connectivity index (χ2v) is 6.51. The van der Waals surface area contributed by atoms with Crippen LogP contribution in [-0.2, 0) is 0 Å². The Morgan fingerprint density at radius 3 is 2.84 bits per heavy atom. The Morgan fingerprint density at radius 1 is 1.47 bits per heavy atom. The molecule has 1 aromatic rings. The van der Waals surface area contributed by atoms with Gasteiger partial charge in [-0.15, -0.1) is 11.3 Å². The Hall–Kier alpha value is -1.10. The summed E-state index contributed by atoms with van der Waals surface area (Å²) in [5.41, 5.74) is 0. The summed E-state index contributed by atoms with van der Waals surface area (Å²) < 4.78 is 0. The van der Waals surface area contributed by atoms with Gasteiger partial charge in [0.2, 0.25) is 0 Å². The van der Waals surface area contributed by atoms with Crippen molar-refractivity contribution in [1.29, 1.82) is 0 Å². The average molecular weight is 281 g/mol. The third-order valence-corrected chi connectivity index (χ3v) is 4.80. The second kappa shape index (κ2) is 6.89. The summed E-state index contributed by atoms with van der Waals surface area (Å²) in [5.74, 6) is 1.09. The number of urea groups is 1. The van der Waals surface area contributed by atoms with E-state index in [1.54, 1.807) is 17.5 Å². The number of carbonyl (C=O) groups is 1. The van der Waals surface area contributed by atoms with Crippen LogP contribution in [0.4, 0.5) is 4.79 Å². The predicted octanol–water partition coefficient (Wildman–Crippen LogP) is 3.12. The van der Waals surface area contributed by atoms with Gasteiger partial charge in [0.25, 0.3) is 0 Å². The molecule has 1 atom stereocenters. The highest BCUT2D eigenvalue weighted by Crippen LogP contribution is 2.23. The molecule has 5 heteroatoms. The van der Waals surface area contributed by atoms with Crippen molar-refractivity contribution < 1.29 is 4.79 Å². The van der Waals surface area contributed by atoms with E-state index in [9.17, 15) is 4.79 Å². The number of amides is 2. The van der Waals surface area contributed by atoms with Gasteiger partial charge in [0, 0.05) is 30.1 Å². The Bertz CT molecular complexity index is 385. The number of hydrogen-bond donors (Lipinski definition) is 2. The molecular formula is C14H23N3OS. The quantitative estimate of drug-likeness (QED) is 0.891. The van der Waals surface area contributed by atoms with E-state index in [-0.39, 0.29) is 11.9 Å². The van der Waals surface area contributed by atoms with Crippen molar-refractivity contribution in [2.75, 3.05) is 6.54 Å². The van der Waals surface area contributed by atoms with E-state index in [4.69, 9.17) is 0 Å². The molecule has 2 rings (SSSR count). The van der Waals surface area contributed by atoms with E-state index in [2.05, 4.69) is 29.5 Å². The van der Waals surface area contributed by atoms with Crippen LogP contribution in [0.3, 0.4) is 0 Å². The Balaban J connectivity index is 1.67. The smallest absolute Gasteiger partial charge is 0.315 e. The van der Waals surface area contributed by atoms with Gasteiger partial charge >= 0.3 is 6.03 Å². The maximum atomic E-state index is 11.8. The van der Waals surface area contributed by atoms with Crippen LogP contribution in [0.1, 0.15) is 50.5 Å². The van der Waals surface area contributed by atoms with Crippen molar-refractivity contribution in [2.45, 2.75) is 51.5 Å². The minimum atomic E-state index is -0.0389. The largest absolute Gasteiger partial charge is 0.337 e. The molecular weight excluding hydrogens is 258 g/mol. The summed E-state index contributed by atoms with van der Waals surface area (Å²) in [4.78, 5) is 16.1. The monoisotopic (exact) mass is 281 g/mol. The summed E-state index contributed by atoms with van der Waals surface area (Å²) in [6.07, 6.45) is 6.47. The highest BCUT2D eigenvalue weighted by Gasteiger charge is 2.19. The van der Waals surface area contributed by atoms with Gasteiger partial charge in [0.05, 0.1) is 5.01 Å². The van der Waals surface area contributed by atoms with Crippen molar-refractivity contribution in [3.8, 4) is 0 Å². The number of nitrogens with one attached hydrogen (secondary N) is 2. The van der Waals surface area contributed by atoms with Crippen LogP contribution in [0.15, 0.2) is 11.6 Å². The molecule has 4 nitrogen and oxygen atoms in total. The molecule has 0 bridgehead atoms. The number of rotatable bonds is 4. The molecule has 0 saturated heterocycles. The van der Waals surface area contributed by atoms with Gasteiger partial charge in [0.1, 0.15) is 0 Å². The molecule has 0 unspecified atom stereocenters. The molecule has 1 aliphatic rings. The van der Waals surface area contributed by atoms with Crippen LogP contribution in [0.25, 0.3) is 0 Å². The standard InChI is InChI=1S/C14H23N3OS/c1-10-3-5-12(6-4-10)17-14(18)16-9-11(2)13-15-7-8-19-13/h7-8,10-12H,3-6,9H2,1-2H3,(H2,16,17,18)/t10?,11-,12?/m1/s1. The van der Waals surface area contributed by atoms with Gasteiger partial charge in [-0.25, -0.2) is 9.78 Å². The number of thiazole rings is 1. The number of hydrogen-bond acceptors (Lipinski definition) is 3. The summed E-state index contributed by atoms with van der Waals surface area (Å²) in [5, 5.41) is 9.06. The molecule has 1 saturated carbocycles. The molecule has 2 N–H and O–H groups in total. The maximum Gasteiger partial charge on any atom is 0.315 e. The van der Waals surface area contributed by atoms with E-state index in [0.29, 0.717) is 12.6 Å². The molecule has 0 aromatic carbocycles. The summed E-state index contributed by atoms with van der Waals surface area (Å²) >= 11 is 1.64. The molecule has 1 aliphatic carbocycles. The van der Waals surface area contributed by atoms with Gasteiger partial charge < -0.3 is 10.6 Å². The van der Waals surface area contributed by atoms with E-state index < -0.39 is 0 Å². The Kier molecular flexibility index (Phi) is 5.19. The van der Waals surface area contributed by atoms with Crippen LogP contribution in [0.2, 0.25) is 0 Å². The normalized spacial score (nSPS) is 24.7. The number of carbonyl (C=O) groups excluding carboxylic acids is 1. The van der Waals surface area contributed by atoms with E-state index in [1.165, 1.54) is 12.8 Å². The van der Waals surface area contributed by atoms with Crippen LogP contribution in [0.5, 0.6) is 0 Å². The van der Waals surface area contributed by atoms with Gasteiger partial charge in [-0.1, -0.05) is 13.8 Å². The zero-order valence-electron chi connectivity index (χ0n) is 11.7. The van der Waals surface area contributed by atoms with Crippen LogP contribution < -0.4 is 10.6 Å². The lowest BCUT2D eigenvalue weighted by atomic mass is 9.87. The molecule has 1 heterocycles. The van der Waals surface area contributed by atoms with Gasteiger partial charge in [-0.2, -0.15) is 0 Å². The van der Waals surface area contributed by atoms with Crippen LogP contribution >= 0.6 is 11.3 Å². The van der Waals surface area contributed by atoms with Crippen LogP contribution in [-0.4, -0.2) is 23.6 Å². The summed E-state index contributed by atoms with van der Waals surface area (Å²) in [6.45, 7) is 5.01. The first kappa shape index (κ1) is 14.3. The fourth-order valence-electron chi connectivity index (χ4n) is 2.45. The van der Waals surface area contributed by atoms with Gasteiger partial charge in [0.15, 0.2) is 0 Å². The molecule has 0 radical (unpaired) electrons. The van der Waals surface area contributed by atoms with Crippen molar-refractivity contribution in [3.05, 3.63) is 16.6 Å². The molecule has 19 heavy (non-hydrogen) atoms. The number of aromatic nitrogens is 1. The lowest BCUT2D eigenvalue weighted by Crippen LogP contribution is -2.44. The van der Waals surface area contributed by atoms with Gasteiger partial charge in [-0.05, 0) is 31.6 Å². The van der Waals surface area contributed by atoms with E-state index >= 15 is 0 Å². The maximum absolute atomic E-state index is 11.8. The van der Waals surface area contributed by atoms with E-state index in [1.807, 2.05) is 5.38 Å². The first-order chi connectivity index (χ1) is 9.15. The van der Waals surface area contributed by atoms with Crippen LogP contribution in [0, 0.1) is 5.92 Å². The summed E-state index contributed by atoms with van der Waals surface area (Å²) in [6, 6.07) is 0.314. The molecule has 0 spiro atoms. The van der Waals surface area contributed by atoms with E-state index in [0.717, 1.165) is 23.8 Å². The molecule has 1 fully saturated rings. The number of nitrogens with zero attached hydrogens (tertiary/aromatic N) is 1. The minimum Gasteiger partial charge on any atom is -0.337 e. The SMILES string of the molecule is CC1CCC(NC(=O)NC[C@@H](C)c2nccs2)CC1. The molecule has 1 aromatic heterocycles. The molecule has 2 amide bonds. The van der Waals surface area contributed by atoms with Gasteiger partial charge in [-0.3, -0.25) is 0 Å². The third-order valence-electron chi connectivity index (χ3n) is 3.79. The fourth-order valence-corrected chi connectivity index (χ4v) is 3.15. The first-order valence-electron chi connectivity index (χ1n) is 7.09. The Morgan fingerprint density at radius 2 is 2.21 bits per heavy atom. The lowest BCUT2D eigenvalue weighted by molar-refractivity contribution is 0.228. The highest BCUT2D eigenvalue weighted by molar-refractivity contribution is 7.09. The average Bonchev–Trinajstić information content (AvgIpc) is 2.93. The second-order valence-electron chi connectivity index (χ2n) is 5.58. The summed E-state index contributed by atoms with van der Waals surface area (Å²) in [7, 11) is 0. The van der Waals surface area contributed by atoms with Crippen molar-refractivity contribution in [1.82, 2.24) is 15.6 Å². The zero-order valence-corrected chi connectivity index (χ0v) is 12.5. The van der Waals surface area contributed by atoms with Crippen molar-refractivity contribution in [3.63, 3.8) is 0 Å². The third kappa shape index (κ3) is 4.49. The lowest BCUT2D eigenvalue weighted by Gasteiger charge is -2.27. The topological polar surface area (TPSA) is 54.0 Å². The van der Waals surface area contributed by atoms with Crippen molar-refractivity contribution in [2.24, 2.45) is 5.92 Å². The van der Waals surface area contributed by atoms with Crippen molar-refractivity contribution >= 4 is 17.4 Å². The minimum absolute atomic E-state index is 0.0389. The zero-order chi connectivity index (χ0) is 13.7. The predicted molar refractivity (Wildman–Crippen MR) is 78.5 cm³/mol. The molecule has 0 aliphatic heterocycles. The first-order valence-corrected chi connectivity index (χ1v) is 7.97. The highest BCUT2D eigenvalue weighted by atomic mass is 32.1. The fraction of sp³-hybridized carbons (Fsp3) is 0.714.